The van der Waals surface area contributed by atoms with Gasteiger partial charge in [0, 0.05) is 26.2 Å². The summed E-state index contributed by atoms with van der Waals surface area (Å²) in [7, 11) is 1.79. The molecule has 0 amide bonds. The highest BCUT2D eigenvalue weighted by Crippen LogP contribution is 2.30. The Morgan fingerprint density at radius 1 is 1.53 bits per heavy atom. The molecule has 0 atom stereocenters. The number of rotatable bonds is 5. The SMILES string of the molecule is Cn1cnc(CCNc2c(Br)cncc2[N+](=O)[O-])n1. The minimum atomic E-state index is -0.473. The van der Waals surface area contributed by atoms with Gasteiger partial charge in [0.15, 0.2) is 5.82 Å². The minimum absolute atomic E-state index is 0.0663. The first kappa shape index (κ1) is 13.4. The zero-order valence-electron chi connectivity index (χ0n) is 10.1. The van der Waals surface area contributed by atoms with Crippen molar-refractivity contribution in [2.75, 3.05) is 11.9 Å². The Kier molecular flexibility index (Phi) is 4.05. The van der Waals surface area contributed by atoms with Gasteiger partial charge in [-0.25, -0.2) is 4.98 Å². The predicted octanol–water partition coefficient (Wildman–Crippen LogP) is 1.54. The number of pyridine rings is 1. The van der Waals surface area contributed by atoms with Crippen molar-refractivity contribution in [1.29, 1.82) is 0 Å². The molecule has 19 heavy (non-hydrogen) atoms. The van der Waals surface area contributed by atoms with Gasteiger partial charge in [0.2, 0.25) is 0 Å². The molecule has 2 rings (SSSR count). The number of aryl methyl sites for hydroxylation is 1. The van der Waals surface area contributed by atoms with Crippen LogP contribution in [0.3, 0.4) is 0 Å². The molecule has 0 fully saturated rings. The van der Waals surface area contributed by atoms with E-state index in [2.05, 4.69) is 36.3 Å². The summed E-state index contributed by atoms with van der Waals surface area (Å²) in [6.45, 7) is 0.494. The topological polar surface area (TPSA) is 98.8 Å². The third-order valence-electron chi connectivity index (χ3n) is 2.37. The molecular formula is C10H11BrN6O2. The van der Waals surface area contributed by atoms with Crippen LogP contribution in [0.2, 0.25) is 0 Å². The fraction of sp³-hybridized carbons (Fsp3) is 0.300. The van der Waals surface area contributed by atoms with E-state index in [1.807, 2.05) is 0 Å². The van der Waals surface area contributed by atoms with Gasteiger partial charge in [-0.2, -0.15) is 5.10 Å². The summed E-state index contributed by atoms with van der Waals surface area (Å²) in [4.78, 5) is 18.3. The van der Waals surface area contributed by atoms with Crippen LogP contribution < -0.4 is 5.32 Å². The molecule has 2 aromatic rings. The summed E-state index contributed by atoms with van der Waals surface area (Å²) in [6.07, 6.45) is 4.91. The maximum absolute atomic E-state index is 10.9. The Balaban J connectivity index is 2.05. The second-order valence-electron chi connectivity index (χ2n) is 3.78. The summed E-state index contributed by atoms with van der Waals surface area (Å²) < 4.78 is 2.16. The van der Waals surface area contributed by atoms with Gasteiger partial charge in [-0.1, -0.05) is 0 Å². The smallest absolute Gasteiger partial charge is 0.311 e. The van der Waals surface area contributed by atoms with Crippen molar-refractivity contribution in [1.82, 2.24) is 19.7 Å². The van der Waals surface area contributed by atoms with Gasteiger partial charge in [-0.15, -0.1) is 0 Å². The van der Waals surface area contributed by atoms with Crippen LogP contribution in [0.15, 0.2) is 23.2 Å². The Morgan fingerprint density at radius 2 is 2.32 bits per heavy atom. The number of hydrogen-bond donors (Lipinski definition) is 1. The van der Waals surface area contributed by atoms with Crippen LogP contribution >= 0.6 is 15.9 Å². The number of hydrogen-bond acceptors (Lipinski definition) is 6. The van der Waals surface area contributed by atoms with Crippen LogP contribution in [-0.2, 0) is 13.5 Å². The third kappa shape index (κ3) is 3.25. The molecule has 0 radical (unpaired) electrons. The molecule has 0 spiro atoms. The standard InChI is InChI=1S/C10H11BrN6O2/c1-16-6-14-9(15-16)2-3-13-10-7(11)4-12-5-8(10)17(18)19/h4-6H,2-3H2,1H3,(H,12,13). The van der Waals surface area contributed by atoms with E-state index in [1.165, 1.54) is 12.4 Å². The summed E-state index contributed by atoms with van der Waals surface area (Å²) in [5.74, 6) is 0.683. The van der Waals surface area contributed by atoms with Crippen LogP contribution in [-0.4, -0.2) is 31.2 Å². The van der Waals surface area contributed by atoms with Crippen LogP contribution in [0.25, 0.3) is 0 Å². The molecule has 0 aliphatic rings. The van der Waals surface area contributed by atoms with Crippen LogP contribution in [0.4, 0.5) is 11.4 Å². The molecule has 0 saturated heterocycles. The first-order chi connectivity index (χ1) is 9.08. The van der Waals surface area contributed by atoms with Crippen molar-refractivity contribution in [3.05, 3.63) is 39.1 Å². The number of anilines is 1. The molecule has 2 heterocycles. The van der Waals surface area contributed by atoms with Crippen LogP contribution in [0.5, 0.6) is 0 Å². The van der Waals surface area contributed by atoms with Gasteiger partial charge in [-0.3, -0.25) is 19.8 Å². The normalized spacial score (nSPS) is 10.4. The van der Waals surface area contributed by atoms with E-state index < -0.39 is 4.92 Å². The van der Waals surface area contributed by atoms with E-state index in [-0.39, 0.29) is 5.69 Å². The molecule has 1 N–H and O–H groups in total. The first-order valence-corrected chi connectivity index (χ1v) is 6.23. The average Bonchev–Trinajstić information content (AvgIpc) is 2.77. The molecule has 2 aromatic heterocycles. The molecule has 0 aliphatic carbocycles. The fourth-order valence-electron chi connectivity index (χ4n) is 1.54. The summed E-state index contributed by atoms with van der Waals surface area (Å²) >= 11 is 3.24. The molecule has 0 bridgehead atoms. The van der Waals surface area contributed by atoms with Gasteiger partial charge in [0.25, 0.3) is 0 Å². The van der Waals surface area contributed by atoms with Gasteiger partial charge < -0.3 is 5.32 Å². The Bertz CT molecular complexity index is 599. The number of nitrogens with zero attached hydrogens (tertiary/aromatic N) is 5. The van der Waals surface area contributed by atoms with Crippen molar-refractivity contribution in [3.8, 4) is 0 Å². The lowest BCUT2D eigenvalue weighted by atomic mass is 10.3. The fourth-order valence-corrected chi connectivity index (χ4v) is 2.00. The molecule has 9 heteroatoms. The summed E-state index contributed by atoms with van der Waals surface area (Å²) in [5.41, 5.74) is 0.347. The lowest BCUT2D eigenvalue weighted by molar-refractivity contribution is -0.384. The molecule has 100 valence electrons. The van der Waals surface area contributed by atoms with Gasteiger partial charge >= 0.3 is 5.69 Å². The minimum Gasteiger partial charge on any atom is -0.378 e. The van der Waals surface area contributed by atoms with Crippen molar-refractivity contribution in [2.45, 2.75) is 6.42 Å². The van der Waals surface area contributed by atoms with E-state index in [0.717, 1.165) is 0 Å². The monoisotopic (exact) mass is 326 g/mol. The first-order valence-electron chi connectivity index (χ1n) is 5.44. The van der Waals surface area contributed by atoms with E-state index in [1.54, 1.807) is 18.1 Å². The number of aromatic nitrogens is 4. The summed E-state index contributed by atoms with van der Waals surface area (Å²) in [6, 6.07) is 0. The lowest BCUT2D eigenvalue weighted by Crippen LogP contribution is -2.09. The third-order valence-corrected chi connectivity index (χ3v) is 2.98. The highest BCUT2D eigenvalue weighted by molar-refractivity contribution is 9.10. The highest BCUT2D eigenvalue weighted by atomic mass is 79.9. The molecule has 0 aliphatic heterocycles. The zero-order chi connectivity index (χ0) is 13.8. The molecule has 0 saturated carbocycles. The molecular weight excluding hydrogens is 316 g/mol. The Morgan fingerprint density at radius 3 is 2.95 bits per heavy atom. The Hall–Kier alpha value is -2.03. The number of nitro groups is 1. The maximum atomic E-state index is 10.9. The van der Waals surface area contributed by atoms with Gasteiger partial charge in [0.1, 0.15) is 18.2 Å². The van der Waals surface area contributed by atoms with Gasteiger partial charge in [0.05, 0.1) is 9.40 Å². The zero-order valence-corrected chi connectivity index (χ0v) is 11.7. The second kappa shape index (κ2) is 5.74. The Labute approximate surface area is 117 Å². The largest absolute Gasteiger partial charge is 0.378 e. The second-order valence-corrected chi connectivity index (χ2v) is 4.64. The number of nitrogens with one attached hydrogen (secondary N) is 1. The van der Waals surface area contributed by atoms with Crippen molar-refractivity contribution in [2.24, 2.45) is 7.05 Å². The number of halogens is 1. The molecule has 0 aromatic carbocycles. The highest BCUT2D eigenvalue weighted by Gasteiger charge is 2.16. The van der Waals surface area contributed by atoms with Crippen molar-refractivity contribution < 1.29 is 4.92 Å². The van der Waals surface area contributed by atoms with E-state index in [9.17, 15) is 10.1 Å². The lowest BCUT2D eigenvalue weighted by Gasteiger charge is -2.07. The molecule has 0 unspecified atom stereocenters. The van der Waals surface area contributed by atoms with Gasteiger partial charge in [-0.05, 0) is 15.9 Å². The van der Waals surface area contributed by atoms with Crippen LogP contribution in [0, 0.1) is 10.1 Å². The predicted molar refractivity (Wildman–Crippen MR) is 71.8 cm³/mol. The van der Waals surface area contributed by atoms with E-state index in [0.29, 0.717) is 29.0 Å². The molecule has 8 nitrogen and oxygen atoms in total. The van der Waals surface area contributed by atoms with E-state index >= 15 is 0 Å². The quantitative estimate of drug-likeness (QED) is 0.660. The maximum Gasteiger partial charge on any atom is 0.311 e. The van der Waals surface area contributed by atoms with Crippen LogP contribution in [0.1, 0.15) is 5.82 Å². The van der Waals surface area contributed by atoms with Crippen molar-refractivity contribution in [3.63, 3.8) is 0 Å². The van der Waals surface area contributed by atoms with E-state index in [4.69, 9.17) is 0 Å². The summed E-state index contributed by atoms with van der Waals surface area (Å²) in [5, 5.41) is 18.0. The average molecular weight is 327 g/mol. The van der Waals surface area contributed by atoms with Crippen molar-refractivity contribution >= 4 is 27.3 Å².